The van der Waals surface area contributed by atoms with Gasteiger partial charge in [0.25, 0.3) is 0 Å². The number of carbonyl (C=O) groups excluding carboxylic acids is 2. The summed E-state index contributed by atoms with van der Waals surface area (Å²) >= 11 is 0. The summed E-state index contributed by atoms with van der Waals surface area (Å²) in [6.07, 6.45) is 0.983. The van der Waals surface area contributed by atoms with Crippen molar-refractivity contribution < 1.29 is 28.9 Å². The molecule has 1 spiro atoms. The summed E-state index contributed by atoms with van der Waals surface area (Å²) in [5.74, 6) is -0.789. The molecular formula is C19H24O6. The monoisotopic (exact) mass is 348 g/mol. The minimum Gasteiger partial charge on any atom is -0.459 e. The highest BCUT2D eigenvalue weighted by atomic mass is 16.7. The lowest BCUT2D eigenvalue weighted by molar-refractivity contribution is -0.157. The van der Waals surface area contributed by atoms with Crippen LogP contribution in [0.25, 0.3) is 0 Å². The van der Waals surface area contributed by atoms with Crippen LogP contribution in [0.3, 0.4) is 0 Å². The SMILES string of the molecule is CC(C)[C@H]1OC(=O)C=C2C13OC3[C@H]1OC(=O)[C@@]3(C)[C@@H](O)CC[C@@]2(C)[C@@H]13. The van der Waals surface area contributed by atoms with E-state index in [1.165, 1.54) is 0 Å². The highest BCUT2D eigenvalue weighted by Gasteiger charge is 2.83. The van der Waals surface area contributed by atoms with Crippen LogP contribution in [0.5, 0.6) is 0 Å². The number of carbonyl (C=O) groups is 2. The molecule has 0 bridgehead atoms. The number of aliphatic hydroxyl groups excluding tert-OH is 1. The third-order valence-electron chi connectivity index (χ3n) is 7.53. The van der Waals surface area contributed by atoms with Crippen molar-refractivity contribution in [2.24, 2.45) is 22.7 Å². The normalized spacial score (nSPS) is 55.6. The first-order valence-corrected chi connectivity index (χ1v) is 9.17. The van der Waals surface area contributed by atoms with Crippen LogP contribution in [0.15, 0.2) is 11.6 Å². The maximum atomic E-state index is 12.7. The van der Waals surface area contributed by atoms with Gasteiger partial charge in [0.15, 0.2) is 5.60 Å². The van der Waals surface area contributed by atoms with Crippen molar-refractivity contribution >= 4 is 11.9 Å². The summed E-state index contributed by atoms with van der Waals surface area (Å²) in [7, 11) is 0. The van der Waals surface area contributed by atoms with Crippen LogP contribution in [0.4, 0.5) is 0 Å². The molecule has 0 aromatic carbocycles. The third kappa shape index (κ3) is 1.51. The Kier molecular flexibility index (Phi) is 2.71. The van der Waals surface area contributed by atoms with E-state index >= 15 is 0 Å². The molecule has 1 N–H and O–H groups in total. The molecule has 5 rings (SSSR count). The molecule has 136 valence electrons. The average molecular weight is 348 g/mol. The molecule has 6 nitrogen and oxygen atoms in total. The van der Waals surface area contributed by atoms with Crippen LogP contribution in [-0.4, -0.2) is 47.1 Å². The second kappa shape index (κ2) is 4.29. The smallest absolute Gasteiger partial charge is 0.331 e. The van der Waals surface area contributed by atoms with Crippen molar-refractivity contribution in [3.63, 3.8) is 0 Å². The molecule has 0 radical (unpaired) electrons. The molecule has 2 saturated heterocycles. The molecule has 5 aliphatic rings. The molecule has 8 atom stereocenters. The predicted molar refractivity (Wildman–Crippen MR) is 85.2 cm³/mol. The number of hydrogen-bond donors (Lipinski definition) is 1. The van der Waals surface area contributed by atoms with E-state index in [2.05, 4.69) is 6.92 Å². The highest BCUT2D eigenvalue weighted by molar-refractivity contribution is 5.87. The maximum Gasteiger partial charge on any atom is 0.331 e. The topological polar surface area (TPSA) is 85.4 Å². The molecule has 0 aromatic heterocycles. The molecule has 3 aliphatic heterocycles. The number of fused-ring (bicyclic) bond motifs is 2. The summed E-state index contributed by atoms with van der Waals surface area (Å²) in [5.41, 5.74) is -1.11. The summed E-state index contributed by atoms with van der Waals surface area (Å²) in [4.78, 5) is 25.0. The van der Waals surface area contributed by atoms with Crippen molar-refractivity contribution in [1.29, 1.82) is 0 Å². The molecule has 4 fully saturated rings. The largest absolute Gasteiger partial charge is 0.459 e. The third-order valence-corrected chi connectivity index (χ3v) is 7.53. The summed E-state index contributed by atoms with van der Waals surface area (Å²) in [6, 6.07) is 0. The van der Waals surface area contributed by atoms with E-state index in [0.717, 1.165) is 5.57 Å². The fraction of sp³-hybridized carbons (Fsp3) is 0.789. The van der Waals surface area contributed by atoms with E-state index in [1.54, 1.807) is 13.0 Å². The number of epoxide rings is 1. The van der Waals surface area contributed by atoms with Crippen LogP contribution >= 0.6 is 0 Å². The van der Waals surface area contributed by atoms with E-state index in [1.807, 2.05) is 13.8 Å². The Bertz CT molecular complexity index is 727. The molecule has 3 heterocycles. The van der Waals surface area contributed by atoms with Crippen LogP contribution in [0, 0.1) is 22.7 Å². The van der Waals surface area contributed by atoms with Gasteiger partial charge in [-0.3, -0.25) is 4.79 Å². The minimum absolute atomic E-state index is 0.0930. The van der Waals surface area contributed by atoms with Crippen molar-refractivity contribution in [3.8, 4) is 0 Å². The van der Waals surface area contributed by atoms with Crippen molar-refractivity contribution in [2.45, 2.75) is 70.6 Å². The van der Waals surface area contributed by atoms with Gasteiger partial charge in [-0.25, -0.2) is 4.79 Å². The second-order valence-electron chi connectivity index (χ2n) is 9.09. The fourth-order valence-corrected chi connectivity index (χ4v) is 6.39. The fourth-order valence-electron chi connectivity index (χ4n) is 6.39. The lowest BCUT2D eigenvalue weighted by Gasteiger charge is -2.55. The number of cyclic esters (lactones) is 1. The van der Waals surface area contributed by atoms with E-state index in [-0.39, 0.29) is 36.0 Å². The number of aliphatic hydroxyl groups is 1. The Balaban J connectivity index is 1.72. The van der Waals surface area contributed by atoms with Gasteiger partial charge in [-0.2, -0.15) is 0 Å². The van der Waals surface area contributed by atoms with Crippen LogP contribution in [0.2, 0.25) is 0 Å². The Hall–Kier alpha value is -1.40. The van der Waals surface area contributed by atoms with Gasteiger partial charge in [-0.15, -0.1) is 0 Å². The Morgan fingerprint density at radius 1 is 1.24 bits per heavy atom. The summed E-state index contributed by atoms with van der Waals surface area (Å²) in [5, 5.41) is 10.6. The molecular weight excluding hydrogens is 324 g/mol. The molecule has 2 saturated carbocycles. The Morgan fingerprint density at radius 3 is 2.64 bits per heavy atom. The average Bonchev–Trinajstić information content (AvgIpc) is 3.20. The van der Waals surface area contributed by atoms with Gasteiger partial charge >= 0.3 is 11.9 Å². The second-order valence-corrected chi connectivity index (χ2v) is 9.09. The van der Waals surface area contributed by atoms with E-state index in [0.29, 0.717) is 12.8 Å². The van der Waals surface area contributed by atoms with Gasteiger partial charge in [0, 0.05) is 12.0 Å². The first kappa shape index (κ1) is 15.8. The van der Waals surface area contributed by atoms with E-state index in [9.17, 15) is 14.7 Å². The Labute approximate surface area is 146 Å². The molecule has 0 amide bonds. The van der Waals surface area contributed by atoms with Gasteiger partial charge < -0.3 is 19.3 Å². The van der Waals surface area contributed by atoms with Crippen LogP contribution < -0.4 is 0 Å². The minimum atomic E-state index is -0.953. The highest BCUT2D eigenvalue weighted by Crippen LogP contribution is 2.72. The predicted octanol–water partition coefficient (Wildman–Crippen LogP) is 1.35. The van der Waals surface area contributed by atoms with E-state index in [4.69, 9.17) is 14.2 Å². The summed E-state index contributed by atoms with van der Waals surface area (Å²) in [6.45, 7) is 7.92. The molecule has 6 heteroatoms. The van der Waals surface area contributed by atoms with Gasteiger partial charge in [-0.05, 0) is 36.7 Å². The number of ether oxygens (including phenoxy) is 3. The number of esters is 2. The van der Waals surface area contributed by atoms with Gasteiger partial charge in [0.2, 0.25) is 0 Å². The zero-order valence-corrected chi connectivity index (χ0v) is 14.9. The lowest BCUT2D eigenvalue weighted by Crippen LogP contribution is -2.63. The first-order chi connectivity index (χ1) is 11.7. The number of hydrogen-bond acceptors (Lipinski definition) is 6. The van der Waals surface area contributed by atoms with Crippen molar-refractivity contribution in [2.75, 3.05) is 0 Å². The zero-order chi connectivity index (χ0) is 17.9. The van der Waals surface area contributed by atoms with Crippen molar-refractivity contribution in [1.82, 2.24) is 0 Å². The van der Waals surface area contributed by atoms with Crippen molar-refractivity contribution in [3.05, 3.63) is 11.6 Å². The van der Waals surface area contributed by atoms with E-state index < -0.39 is 28.6 Å². The standard InChI is InChI=1S/C19H24O6/c1-8(2)14-19-9(7-11(21)23-14)17(3)6-5-10(20)18(4)13(17)12(15(19)25-19)24-16(18)22/h7-8,10,12-15,20H,5-6H2,1-4H3/t10-,12-,13+,14+,15?,17+,18-,19?/m0/s1. The lowest BCUT2D eigenvalue weighted by atomic mass is 9.46. The molecule has 2 aliphatic carbocycles. The molecule has 0 aromatic rings. The molecule has 25 heavy (non-hydrogen) atoms. The summed E-state index contributed by atoms with van der Waals surface area (Å²) < 4.78 is 17.6. The Morgan fingerprint density at radius 2 is 1.96 bits per heavy atom. The van der Waals surface area contributed by atoms with Crippen LogP contribution in [-0.2, 0) is 23.8 Å². The number of rotatable bonds is 1. The molecule has 2 unspecified atom stereocenters. The van der Waals surface area contributed by atoms with Gasteiger partial charge in [0.1, 0.15) is 18.3 Å². The first-order valence-electron chi connectivity index (χ1n) is 9.17. The zero-order valence-electron chi connectivity index (χ0n) is 14.9. The van der Waals surface area contributed by atoms with Crippen LogP contribution in [0.1, 0.15) is 40.5 Å². The quantitative estimate of drug-likeness (QED) is 0.569. The maximum absolute atomic E-state index is 12.7. The van der Waals surface area contributed by atoms with Gasteiger partial charge in [-0.1, -0.05) is 20.8 Å². The van der Waals surface area contributed by atoms with Gasteiger partial charge in [0.05, 0.1) is 11.5 Å².